The summed E-state index contributed by atoms with van der Waals surface area (Å²) in [6.07, 6.45) is 0.482. The highest BCUT2D eigenvalue weighted by Crippen LogP contribution is 2.12. The summed E-state index contributed by atoms with van der Waals surface area (Å²) in [7, 11) is 1.83. The van der Waals surface area contributed by atoms with E-state index in [-0.39, 0.29) is 18.3 Å². The largest absolute Gasteiger partial charge is 0.349 e. The van der Waals surface area contributed by atoms with E-state index in [1.165, 1.54) is 5.56 Å². The van der Waals surface area contributed by atoms with Crippen LogP contribution in [0.4, 0.5) is 0 Å². The number of aryl methyl sites for hydroxylation is 1. The Labute approximate surface area is 118 Å². The van der Waals surface area contributed by atoms with Gasteiger partial charge in [0.2, 0.25) is 5.91 Å². The number of rotatable bonds is 5. The van der Waals surface area contributed by atoms with E-state index in [1.54, 1.807) is 0 Å². The van der Waals surface area contributed by atoms with Crippen LogP contribution in [0, 0.1) is 6.92 Å². The predicted molar refractivity (Wildman–Crippen MR) is 78.5 cm³/mol. The number of aromatic nitrogens is 2. The van der Waals surface area contributed by atoms with Gasteiger partial charge in [-0.15, -0.1) is 12.4 Å². The summed E-state index contributed by atoms with van der Waals surface area (Å²) in [4.78, 5) is 19.1. The Hall–Kier alpha value is -1.59. The molecule has 5 nitrogen and oxygen atoms in total. The van der Waals surface area contributed by atoms with Crippen molar-refractivity contribution < 1.29 is 4.79 Å². The summed E-state index contributed by atoms with van der Waals surface area (Å²) in [5, 5.41) is 5.78. The topological polar surface area (TPSA) is 69.8 Å². The third-order valence-corrected chi connectivity index (χ3v) is 2.74. The van der Waals surface area contributed by atoms with Gasteiger partial charge in [0.15, 0.2) is 0 Å². The van der Waals surface area contributed by atoms with Crippen molar-refractivity contribution in [3.8, 4) is 0 Å². The third-order valence-electron chi connectivity index (χ3n) is 2.74. The Bertz CT molecular complexity index is 553. The average Bonchev–Trinajstić information content (AvgIpc) is 2.75. The molecule has 0 spiro atoms. The zero-order valence-corrected chi connectivity index (χ0v) is 11.9. The summed E-state index contributed by atoms with van der Waals surface area (Å²) in [5.41, 5.74) is 3.13. The van der Waals surface area contributed by atoms with E-state index in [4.69, 9.17) is 0 Å². The van der Waals surface area contributed by atoms with Crippen LogP contribution >= 0.6 is 12.4 Å². The van der Waals surface area contributed by atoms with Gasteiger partial charge in [-0.2, -0.15) is 0 Å². The summed E-state index contributed by atoms with van der Waals surface area (Å²) < 4.78 is 0. The maximum Gasteiger partial charge on any atom is 0.221 e. The molecule has 0 unspecified atom stereocenters. The number of fused-ring (bicyclic) bond motifs is 1. The van der Waals surface area contributed by atoms with Crippen LogP contribution in [0.2, 0.25) is 0 Å². The molecule has 0 atom stereocenters. The second kappa shape index (κ2) is 7.11. The van der Waals surface area contributed by atoms with Gasteiger partial charge in [0.1, 0.15) is 5.82 Å². The summed E-state index contributed by atoms with van der Waals surface area (Å²) in [5.74, 6) is 0.814. The van der Waals surface area contributed by atoms with E-state index < -0.39 is 0 Å². The number of halogens is 1. The molecular formula is C13H19ClN4O. The number of H-pyrrole nitrogens is 1. The monoisotopic (exact) mass is 282 g/mol. The third kappa shape index (κ3) is 4.22. The number of hydrogen-bond acceptors (Lipinski definition) is 3. The van der Waals surface area contributed by atoms with Crippen molar-refractivity contribution in [2.45, 2.75) is 19.9 Å². The molecule has 0 aliphatic heterocycles. The fourth-order valence-corrected chi connectivity index (χ4v) is 1.77. The zero-order valence-electron chi connectivity index (χ0n) is 11.1. The molecule has 0 saturated heterocycles. The van der Waals surface area contributed by atoms with E-state index in [0.717, 1.165) is 16.9 Å². The van der Waals surface area contributed by atoms with Gasteiger partial charge in [0, 0.05) is 13.0 Å². The van der Waals surface area contributed by atoms with Crippen LogP contribution in [0.15, 0.2) is 18.2 Å². The maximum atomic E-state index is 11.5. The first-order valence-electron chi connectivity index (χ1n) is 6.05. The van der Waals surface area contributed by atoms with Crippen LogP contribution in [0.3, 0.4) is 0 Å². The first-order valence-corrected chi connectivity index (χ1v) is 6.05. The predicted octanol–water partition coefficient (Wildman–Crippen LogP) is 1.52. The first kappa shape index (κ1) is 15.5. The number of carbonyl (C=O) groups excluding carboxylic acids is 1. The number of carbonyl (C=O) groups is 1. The Morgan fingerprint density at radius 2 is 2.21 bits per heavy atom. The molecule has 2 rings (SSSR count). The van der Waals surface area contributed by atoms with E-state index in [2.05, 4.69) is 26.7 Å². The second-order valence-corrected chi connectivity index (χ2v) is 4.33. The lowest BCUT2D eigenvalue weighted by Gasteiger charge is -2.02. The van der Waals surface area contributed by atoms with E-state index >= 15 is 0 Å². The molecule has 0 aliphatic carbocycles. The minimum absolute atomic E-state index is 0. The van der Waals surface area contributed by atoms with E-state index in [9.17, 15) is 4.79 Å². The molecule has 1 aromatic heterocycles. The number of nitrogens with one attached hydrogen (secondary N) is 3. The molecule has 0 bridgehead atoms. The van der Waals surface area contributed by atoms with Gasteiger partial charge in [-0.1, -0.05) is 6.07 Å². The SMILES string of the molecule is CNCCC(=O)NCc1nc2ccc(C)cc2[nH]1.Cl. The molecule has 0 saturated carbocycles. The highest BCUT2D eigenvalue weighted by Gasteiger charge is 2.05. The summed E-state index contributed by atoms with van der Waals surface area (Å²) in [6, 6.07) is 6.06. The maximum absolute atomic E-state index is 11.5. The highest BCUT2D eigenvalue weighted by atomic mass is 35.5. The van der Waals surface area contributed by atoms with Gasteiger partial charge < -0.3 is 15.6 Å². The number of hydrogen-bond donors (Lipinski definition) is 3. The number of nitrogens with zero attached hydrogens (tertiary/aromatic N) is 1. The normalized spacial score (nSPS) is 10.2. The van der Waals surface area contributed by atoms with Gasteiger partial charge in [-0.05, 0) is 31.7 Å². The quantitative estimate of drug-likeness (QED) is 0.779. The standard InChI is InChI=1S/C13H18N4O.ClH/c1-9-3-4-10-11(7-9)17-12(16-10)8-15-13(18)5-6-14-2;/h3-4,7,14H,5-6,8H2,1-2H3,(H,15,18)(H,16,17);1H. The van der Waals surface area contributed by atoms with Crippen molar-refractivity contribution in [3.05, 3.63) is 29.6 Å². The summed E-state index contributed by atoms with van der Waals surface area (Å²) >= 11 is 0. The van der Waals surface area contributed by atoms with Gasteiger partial charge in [-0.3, -0.25) is 4.79 Å². The van der Waals surface area contributed by atoms with Gasteiger partial charge in [0.05, 0.1) is 17.6 Å². The van der Waals surface area contributed by atoms with Crippen LogP contribution in [-0.4, -0.2) is 29.5 Å². The molecule has 1 aromatic carbocycles. The smallest absolute Gasteiger partial charge is 0.221 e. The Morgan fingerprint density at radius 1 is 1.42 bits per heavy atom. The van der Waals surface area contributed by atoms with E-state index in [0.29, 0.717) is 19.5 Å². The van der Waals surface area contributed by atoms with Crippen LogP contribution in [0.5, 0.6) is 0 Å². The van der Waals surface area contributed by atoms with Gasteiger partial charge in [0.25, 0.3) is 0 Å². The van der Waals surface area contributed by atoms with Crippen molar-refractivity contribution in [2.24, 2.45) is 0 Å². The Balaban J connectivity index is 0.00000180. The average molecular weight is 283 g/mol. The van der Waals surface area contributed by atoms with Crippen molar-refractivity contribution in [1.82, 2.24) is 20.6 Å². The number of imidazole rings is 1. The van der Waals surface area contributed by atoms with Crippen LogP contribution in [-0.2, 0) is 11.3 Å². The Kier molecular flexibility index (Phi) is 5.79. The second-order valence-electron chi connectivity index (χ2n) is 4.33. The molecule has 19 heavy (non-hydrogen) atoms. The van der Waals surface area contributed by atoms with Crippen LogP contribution in [0.25, 0.3) is 11.0 Å². The number of benzene rings is 1. The number of aromatic amines is 1. The molecule has 1 amide bonds. The number of amides is 1. The lowest BCUT2D eigenvalue weighted by Crippen LogP contribution is -2.26. The summed E-state index contributed by atoms with van der Waals surface area (Å²) in [6.45, 7) is 3.17. The lowest BCUT2D eigenvalue weighted by atomic mass is 10.2. The van der Waals surface area contributed by atoms with Crippen molar-refractivity contribution in [2.75, 3.05) is 13.6 Å². The molecule has 6 heteroatoms. The van der Waals surface area contributed by atoms with Gasteiger partial charge >= 0.3 is 0 Å². The van der Waals surface area contributed by atoms with Crippen molar-refractivity contribution >= 4 is 29.3 Å². The fourth-order valence-electron chi connectivity index (χ4n) is 1.77. The molecule has 104 valence electrons. The highest BCUT2D eigenvalue weighted by molar-refractivity contribution is 5.85. The van der Waals surface area contributed by atoms with Gasteiger partial charge in [-0.25, -0.2) is 4.98 Å². The molecule has 0 fully saturated rings. The molecule has 0 radical (unpaired) electrons. The fraction of sp³-hybridized carbons (Fsp3) is 0.385. The Morgan fingerprint density at radius 3 is 2.95 bits per heavy atom. The van der Waals surface area contributed by atoms with Crippen molar-refractivity contribution in [3.63, 3.8) is 0 Å². The molecular weight excluding hydrogens is 264 g/mol. The molecule has 3 N–H and O–H groups in total. The molecule has 0 aliphatic rings. The minimum Gasteiger partial charge on any atom is -0.349 e. The van der Waals surface area contributed by atoms with Crippen molar-refractivity contribution in [1.29, 1.82) is 0 Å². The zero-order chi connectivity index (χ0) is 13.0. The molecule has 2 aromatic rings. The minimum atomic E-state index is 0. The van der Waals surface area contributed by atoms with Crippen LogP contribution < -0.4 is 10.6 Å². The first-order chi connectivity index (χ1) is 8.69. The lowest BCUT2D eigenvalue weighted by molar-refractivity contribution is -0.121. The van der Waals surface area contributed by atoms with E-state index in [1.807, 2.05) is 26.1 Å². The molecule has 1 heterocycles. The van der Waals surface area contributed by atoms with Crippen LogP contribution in [0.1, 0.15) is 17.8 Å².